The van der Waals surface area contributed by atoms with Crippen molar-refractivity contribution in [1.82, 2.24) is 5.32 Å². The maximum absolute atomic E-state index is 6.08. The van der Waals surface area contributed by atoms with Gasteiger partial charge in [-0.25, -0.2) is 0 Å². The zero-order chi connectivity index (χ0) is 13.8. The molecule has 0 amide bonds. The molecule has 0 radical (unpaired) electrons. The molecule has 18 heavy (non-hydrogen) atoms. The summed E-state index contributed by atoms with van der Waals surface area (Å²) >= 11 is 0. The Hall–Kier alpha value is -0.120. The molecule has 3 unspecified atom stereocenters. The van der Waals surface area contributed by atoms with Crippen LogP contribution in [0.15, 0.2) is 0 Å². The lowest BCUT2D eigenvalue weighted by Crippen LogP contribution is -2.62. The van der Waals surface area contributed by atoms with Gasteiger partial charge in [0.15, 0.2) is 0 Å². The third-order valence-corrected chi connectivity index (χ3v) is 4.77. The molecular weight excluding hydrogens is 226 g/mol. The fourth-order valence-corrected chi connectivity index (χ4v) is 2.66. The van der Waals surface area contributed by atoms with E-state index in [1.54, 1.807) is 7.11 Å². The third-order valence-electron chi connectivity index (χ3n) is 4.77. The maximum Gasteiger partial charge on any atom is 0.0658 e. The second kappa shape index (κ2) is 6.36. The van der Waals surface area contributed by atoms with E-state index >= 15 is 0 Å². The molecular formula is C15H31NO2. The van der Waals surface area contributed by atoms with E-state index < -0.39 is 0 Å². The van der Waals surface area contributed by atoms with Crippen molar-refractivity contribution >= 4 is 0 Å². The van der Waals surface area contributed by atoms with E-state index in [4.69, 9.17) is 9.47 Å². The van der Waals surface area contributed by atoms with Crippen LogP contribution in [0.2, 0.25) is 0 Å². The first-order valence-corrected chi connectivity index (χ1v) is 7.29. The molecule has 1 N–H and O–H groups in total. The van der Waals surface area contributed by atoms with Crippen molar-refractivity contribution < 1.29 is 9.47 Å². The number of nitrogens with one attached hydrogen (secondary N) is 1. The van der Waals surface area contributed by atoms with Gasteiger partial charge in [0.2, 0.25) is 0 Å². The zero-order valence-corrected chi connectivity index (χ0v) is 13.0. The summed E-state index contributed by atoms with van der Waals surface area (Å²) in [5.41, 5.74) is 0.223. The SMILES string of the molecule is CCNC1CC(OCCC(C)(C)OC)C1(C)CC. The van der Waals surface area contributed by atoms with E-state index in [2.05, 4.69) is 39.9 Å². The number of methoxy groups -OCH3 is 1. The summed E-state index contributed by atoms with van der Waals surface area (Å²) in [7, 11) is 1.76. The van der Waals surface area contributed by atoms with Crippen molar-refractivity contribution in [3.8, 4) is 0 Å². The van der Waals surface area contributed by atoms with E-state index in [9.17, 15) is 0 Å². The quantitative estimate of drug-likeness (QED) is 0.725. The van der Waals surface area contributed by atoms with E-state index in [-0.39, 0.29) is 5.60 Å². The average molecular weight is 257 g/mol. The highest BCUT2D eigenvalue weighted by Crippen LogP contribution is 2.45. The van der Waals surface area contributed by atoms with Crippen LogP contribution in [-0.2, 0) is 9.47 Å². The molecule has 1 aliphatic rings. The molecule has 0 saturated heterocycles. The van der Waals surface area contributed by atoms with Gasteiger partial charge in [0.25, 0.3) is 0 Å². The van der Waals surface area contributed by atoms with Crippen molar-refractivity contribution in [2.45, 2.75) is 71.6 Å². The van der Waals surface area contributed by atoms with E-state index in [0.29, 0.717) is 17.6 Å². The normalized spacial score (nSPS) is 32.3. The zero-order valence-electron chi connectivity index (χ0n) is 13.0. The van der Waals surface area contributed by atoms with Crippen LogP contribution < -0.4 is 5.32 Å². The van der Waals surface area contributed by atoms with Gasteiger partial charge in [-0.2, -0.15) is 0 Å². The van der Waals surface area contributed by atoms with Crippen molar-refractivity contribution in [2.24, 2.45) is 5.41 Å². The van der Waals surface area contributed by atoms with Crippen LogP contribution in [0.3, 0.4) is 0 Å². The first-order chi connectivity index (χ1) is 8.39. The van der Waals surface area contributed by atoms with E-state index in [1.165, 1.54) is 6.42 Å². The van der Waals surface area contributed by atoms with Crippen LogP contribution in [0.5, 0.6) is 0 Å². The Morgan fingerprint density at radius 3 is 2.50 bits per heavy atom. The molecule has 1 fully saturated rings. The summed E-state index contributed by atoms with van der Waals surface area (Å²) in [6, 6.07) is 0.618. The predicted molar refractivity (Wildman–Crippen MR) is 75.9 cm³/mol. The van der Waals surface area contributed by atoms with Crippen molar-refractivity contribution in [3.05, 3.63) is 0 Å². The second-order valence-electron chi connectivity index (χ2n) is 6.28. The maximum atomic E-state index is 6.08. The summed E-state index contributed by atoms with van der Waals surface area (Å²) in [6.45, 7) is 12.8. The molecule has 0 aromatic carbocycles. The van der Waals surface area contributed by atoms with Crippen molar-refractivity contribution in [2.75, 3.05) is 20.3 Å². The highest BCUT2D eigenvalue weighted by Gasteiger charge is 2.50. The van der Waals surface area contributed by atoms with Crippen LogP contribution in [-0.4, -0.2) is 38.0 Å². The summed E-state index contributed by atoms with van der Waals surface area (Å²) in [5.74, 6) is 0. The van der Waals surface area contributed by atoms with Gasteiger partial charge in [0, 0.05) is 25.2 Å². The number of hydrogen-bond donors (Lipinski definition) is 1. The molecule has 0 heterocycles. The lowest BCUT2D eigenvalue weighted by Gasteiger charge is -2.54. The van der Waals surface area contributed by atoms with Crippen molar-refractivity contribution in [3.63, 3.8) is 0 Å². The fourth-order valence-electron chi connectivity index (χ4n) is 2.66. The molecule has 0 spiro atoms. The predicted octanol–water partition coefficient (Wildman–Crippen LogP) is 2.98. The van der Waals surface area contributed by atoms with Crippen LogP contribution in [0.25, 0.3) is 0 Å². The van der Waals surface area contributed by atoms with E-state index in [0.717, 1.165) is 26.0 Å². The van der Waals surface area contributed by atoms with Crippen LogP contribution in [0.1, 0.15) is 53.9 Å². The Morgan fingerprint density at radius 1 is 1.33 bits per heavy atom. The standard InChI is InChI=1S/C15H31NO2/c1-7-15(5)12(16-8-2)11-13(15)18-10-9-14(3,4)17-6/h12-13,16H,7-11H2,1-6H3. The van der Waals surface area contributed by atoms with Gasteiger partial charge in [0.1, 0.15) is 0 Å². The Labute approximate surface area is 113 Å². The number of ether oxygens (including phenoxy) is 2. The number of rotatable bonds is 8. The smallest absolute Gasteiger partial charge is 0.0658 e. The molecule has 0 bridgehead atoms. The van der Waals surface area contributed by atoms with Gasteiger partial charge in [-0.3, -0.25) is 0 Å². The highest BCUT2D eigenvalue weighted by molar-refractivity contribution is 5.04. The molecule has 108 valence electrons. The van der Waals surface area contributed by atoms with E-state index in [1.807, 2.05) is 0 Å². The first-order valence-electron chi connectivity index (χ1n) is 7.29. The molecule has 3 nitrogen and oxygen atoms in total. The van der Waals surface area contributed by atoms with Crippen molar-refractivity contribution in [1.29, 1.82) is 0 Å². The van der Waals surface area contributed by atoms with Gasteiger partial charge >= 0.3 is 0 Å². The minimum Gasteiger partial charge on any atom is -0.379 e. The average Bonchev–Trinajstić information content (AvgIpc) is 2.35. The lowest BCUT2D eigenvalue weighted by atomic mass is 9.61. The molecule has 1 rings (SSSR count). The molecule has 1 saturated carbocycles. The fraction of sp³-hybridized carbons (Fsp3) is 1.00. The van der Waals surface area contributed by atoms with Gasteiger partial charge in [-0.15, -0.1) is 0 Å². The molecule has 0 aliphatic heterocycles. The summed E-state index contributed by atoms with van der Waals surface area (Å²) in [5, 5.41) is 3.57. The summed E-state index contributed by atoms with van der Waals surface area (Å²) < 4.78 is 11.5. The highest BCUT2D eigenvalue weighted by atomic mass is 16.5. The minimum absolute atomic E-state index is 0.0760. The van der Waals surface area contributed by atoms with Gasteiger partial charge < -0.3 is 14.8 Å². The summed E-state index contributed by atoms with van der Waals surface area (Å²) in [4.78, 5) is 0. The van der Waals surface area contributed by atoms with Gasteiger partial charge in [-0.05, 0) is 39.7 Å². The minimum atomic E-state index is -0.0760. The Morgan fingerprint density at radius 2 is 2.00 bits per heavy atom. The molecule has 3 heteroatoms. The molecule has 0 aromatic heterocycles. The Bertz CT molecular complexity index is 255. The molecule has 3 atom stereocenters. The molecule has 0 aromatic rings. The molecule has 1 aliphatic carbocycles. The van der Waals surface area contributed by atoms with Crippen LogP contribution in [0, 0.1) is 5.41 Å². The first kappa shape index (κ1) is 15.9. The van der Waals surface area contributed by atoms with Gasteiger partial charge in [-0.1, -0.05) is 20.8 Å². The second-order valence-corrected chi connectivity index (χ2v) is 6.28. The lowest BCUT2D eigenvalue weighted by molar-refractivity contribution is -0.138. The Balaban J connectivity index is 2.36. The monoisotopic (exact) mass is 257 g/mol. The van der Waals surface area contributed by atoms with Crippen LogP contribution in [0.4, 0.5) is 0 Å². The van der Waals surface area contributed by atoms with Gasteiger partial charge in [0.05, 0.1) is 11.7 Å². The Kier molecular flexibility index (Phi) is 5.63. The summed E-state index contributed by atoms with van der Waals surface area (Å²) in [6.07, 6.45) is 3.67. The topological polar surface area (TPSA) is 30.5 Å². The number of hydrogen-bond acceptors (Lipinski definition) is 3. The largest absolute Gasteiger partial charge is 0.379 e. The third kappa shape index (κ3) is 3.46. The van der Waals surface area contributed by atoms with Crippen LogP contribution >= 0.6 is 0 Å².